The Morgan fingerprint density at radius 2 is 0.625 bits per heavy atom. The molecule has 0 bridgehead atoms. The Bertz CT molecular complexity index is 3070. The molecule has 0 aliphatic carbocycles. The average Bonchev–Trinajstić information content (AvgIpc) is 3.40. The van der Waals surface area contributed by atoms with Gasteiger partial charge in [-0.25, -0.2) is 4.79 Å². The van der Waals surface area contributed by atoms with Crippen LogP contribution in [0.2, 0.25) is 0 Å². The van der Waals surface area contributed by atoms with Gasteiger partial charge in [0.1, 0.15) is 98.9 Å². The lowest BCUT2D eigenvalue weighted by Crippen LogP contribution is -2.19. The molecular formula is C66H68N2O12. The average molecular weight is 1080 g/mol. The summed E-state index contributed by atoms with van der Waals surface area (Å²) in [5.74, 6) is 3.70. The van der Waals surface area contributed by atoms with Crippen LogP contribution in [0.4, 0.5) is 4.79 Å². The maximum absolute atomic E-state index is 12.0. The molecule has 1 amide bonds. The smallest absolute Gasteiger partial charge is 0.407 e. The Hall–Kier alpha value is -9.17. The molecular weight excluding hydrogens is 1010 g/mol. The Labute approximate surface area is 468 Å². The largest absolute Gasteiger partial charge is 0.489 e. The molecule has 0 radical (unpaired) electrons. The monoisotopic (exact) mass is 1080 g/mol. The Balaban J connectivity index is 1.08. The molecule has 0 saturated heterocycles. The zero-order valence-corrected chi connectivity index (χ0v) is 46.9. The molecule has 1 N–H and O–H groups in total. The third-order valence-corrected chi connectivity index (χ3v) is 12.6. The fraction of sp³-hybridized carbons (Fsp3) is 0.258. The Kier molecular flexibility index (Phi) is 19.2. The van der Waals surface area contributed by atoms with Gasteiger partial charge in [-0.05, 0) is 149 Å². The van der Waals surface area contributed by atoms with Crippen molar-refractivity contribution in [2.45, 2.75) is 108 Å². The number of amides is 1. The van der Waals surface area contributed by atoms with Gasteiger partial charge in [-0.3, -0.25) is 4.84 Å². The summed E-state index contributed by atoms with van der Waals surface area (Å²) < 4.78 is 50.4. The standard InChI is InChI=1S/C66H68N2O12/c1-42-12-43(2)17-50(16-42)34-73-59-26-55(27-60(31-59)74-35-51-18-44(3)13-45(4)19-51)39-77-63-24-54(38-72-58-10-11-65(80-68(70)71)57(30-58)41-79-66(69)67-9)25-64(33-63)78-40-56-28-61(75-36-52-20-46(5)14-47(6)21-52)32-62(29-56)76-37-53-22-48(7)15-49(8)23-53/h10-33H,34-41H2,1-9H3,(H,67,69). The quantitative estimate of drug-likeness (QED) is 0.0428. The van der Waals surface area contributed by atoms with Gasteiger partial charge in [-0.15, -0.1) is 10.1 Å². The fourth-order valence-corrected chi connectivity index (χ4v) is 9.56. The van der Waals surface area contributed by atoms with Gasteiger partial charge in [0.05, 0.1) is 0 Å². The van der Waals surface area contributed by atoms with Gasteiger partial charge >= 0.3 is 6.09 Å². The summed E-state index contributed by atoms with van der Waals surface area (Å²) in [4.78, 5) is 28.1. The van der Waals surface area contributed by atoms with Crippen molar-refractivity contribution in [3.05, 3.63) is 245 Å². The fourth-order valence-electron chi connectivity index (χ4n) is 9.56. The zero-order valence-electron chi connectivity index (χ0n) is 46.9. The molecule has 0 saturated carbocycles. The minimum Gasteiger partial charge on any atom is -0.489 e. The van der Waals surface area contributed by atoms with Crippen molar-refractivity contribution < 1.29 is 52.6 Å². The van der Waals surface area contributed by atoms with Crippen molar-refractivity contribution in [2.75, 3.05) is 7.05 Å². The molecule has 0 heterocycles. The second-order valence-corrected chi connectivity index (χ2v) is 20.4. The summed E-state index contributed by atoms with van der Waals surface area (Å²) in [6.45, 7) is 18.0. The van der Waals surface area contributed by atoms with Gasteiger partial charge in [-0.2, -0.15) is 0 Å². The van der Waals surface area contributed by atoms with Crippen LogP contribution < -0.4 is 43.3 Å². The van der Waals surface area contributed by atoms with Crippen LogP contribution in [0.15, 0.2) is 146 Å². The number of rotatable bonds is 25. The van der Waals surface area contributed by atoms with Crippen LogP contribution in [0.5, 0.6) is 46.0 Å². The Morgan fingerprint density at radius 3 is 0.887 bits per heavy atom. The van der Waals surface area contributed by atoms with Gasteiger partial charge in [0.15, 0.2) is 0 Å². The molecule has 414 valence electrons. The molecule has 8 aromatic rings. The lowest BCUT2D eigenvalue weighted by Gasteiger charge is -2.16. The lowest BCUT2D eigenvalue weighted by atomic mass is 10.1. The number of hydrogen-bond acceptors (Lipinski definition) is 12. The highest BCUT2D eigenvalue weighted by atomic mass is 17.0. The van der Waals surface area contributed by atoms with Crippen molar-refractivity contribution in [1.29, 1.82) is 0 Å². The molecule has 14 heteroatoms. The summed E-state index contributed by atoms with van der Waals surface area (Å²) in [6.07, 6.45) is -0.719. The van der Waals surface area contributed by atoms with Crippen molar-refractivity contribution in [1.82, 2.24) is 5.32 Å². The van der Waals surface area contributed by atoms with E-state index in [9.17, 15) is 14.9 Å². The van der Waals surface area contributed by atoms with E-state index in [1.54, 1.807) is 0 Å². The van der Waals surface area contributed by atoms with Crippen molar-refractivity contribution >= 4 is 6.09 Å². The first-order valence-corrected chi connectivity index (χ1v) is 26.3. The Morgan fingerprint density at radius 1 is 0.362 bits per heavy atom. The molecule has 8 rings (SSSR count). The topological polar surface area (TPSA) is 155 Å². The molecule has 0 spiro atoms. The predicted molar refractivity (Wildman–Crippen MR) is 307 cm³/mol. The number of aryl methyl sites for hydroxylation is 8. The van der Waals surface area contributed by atoms with Crippen molar-refractivity contribution in [3.63, 3.8) is 0 Å². The van der Waals surface area contributed by atoms with Gasteiger partial charge in [-0.1, -0.05) is 117 Å². The highest BCUT2D eigenvalue weighted by Gasteiger charge is 2.15. The van der Waals surface area contributed by atoms with E-state index in [1.807, 2.05) is 54.6 Å². The van der Waals surface area contributed by atoms with E-state index in [0.29, 0.717) is 72.2 Å². The number of nitrogens with zero attached hydrogens (tertiary/aromatic N) is 1. The van der Waals surface area contributed by atoms with Crippen LogP contribution in [-0.4, -0.2) is 18.2 Å². The van der Waals surface area contributed by atoms with E-state index in [4.69, 9.17) is 42.7 Å². The number of ether oxygens (including phenoxy) is 8. The van der Waals surface area contributed by atoms with Crippen LogP contribution in [0, 0.1) is 65.5 Å². The van der Waals surface area contributed by atoms with E-state index in [-0.39, 0.29) is 37.7 Å². The highest BCUT2D eigenvalue weighted by molar-refractivity contribution is 5.66. The first kappa shape index (κ1) is 57.0. The van der Waals surface area contributed by atoms with Crippen LogP contribution in [-0.2, 0) is 57.6 Å². The second kappa shape index (κ2) is 26.9. The second-order valence-electron chi connectivity index (χ2n) is 20.4. The van der Waals surface area contributed by atoms with Crippen LogP contribution in [0.1, 0.15) is 89.0 Å². The minimum absolute atomic E-state index is 0.0229. The SMILES string of the molecule is CNC(=O)OCc1cc(OCc2cc(OCc3cc(OCc4cc(C)cc(C)c4)cc(OCc4cc(C)cc(C)c4)c3)cc(OCc3cc(OCc4cc(C)cc(C)c4)cc(OCc4cc(C)cc(C)c4)c3)c2)ccc1O[N+](=O)[O-]. The number of benzene rings is 8. The molecule has 8 aromatic carbocycles. The first-order chi connectivity index (χ1) is 38.4. The molecule has 0 aliphatic rings. The van der Waals surface area contributed by atoms with E-state index < -0.39 is 11.2 Å². The van der Waals surface area contributed by atoms with Crippen molar-refractivity contribution in [3.8, 4) is 46.0 Å². The number of alkyl carbamates (subject to hydrolysis) is 1. The highest BCUT2D eigenvalue weighted by Crippen LogP contribution is 2.32. The van der Waals surface area contributed by atoms with E-state index in [1.165, 1.54) is 25.2 Å². The summed E-state index contributed by atoms with van der Waals surface area (Å²) >= 11 is 0. The molecule has 0 aliphatic heterocycles. The molecule has 14 nitrogen and oxygen atoms in total. The van der Waals surface area contributed by atoms with Crippen LogP contribution >= 0.6 is 0 Å². The van der Waals surface area contributed by atoms with E-state index in [2.05, 4.69) is 134 Å². The van der Waals surface area contributed by atoms with Gasteiger partial charge in [0.2, 0.25) is 0 Å². The molecule has 0 aromatic heterocycles. The number of carbonyl (C=O) groups is 1. The summed E-state index contributed by atoms with van der Waals surface area (Å²) in [5, 5.41) is 12.8. The van der Waals surface area contributed by atoms with E-state index >= 15 is 0 Å². The van der Waals surface area contributed by atoms with Gasteiger partial charge in [0.25, 0.3) is 5.09 Å². The van der Waals surface area contributed by atoms with E-state index in [0.717, 1.165) is 77.9 Å². The van der Waals surface area contributed by atoms with Crippen LogP contribution in [0.25, 0.3) is 0 Å². The zero-order chi connectivity index (χ0) is 56.7. The van der Waals surface area contributed by atoms with Gasteiger partial charge in [0, 0.05) is 30.8 Å². The molecule has 0 atom stereocenters. The molecule has 0 fully saturated rings. The minimum atomic E-state index is -0.933. The predicted octanol–water partition coefficient (Wildman–Crippen LogP) is 14.6. The molecule has 80 heavy (non-hydrogen) atoms. The summed E-state index contributed by atoms with van der Waals surface area (Å²) in [6, 6.07) is 47.0. The lowest BCUT2D eigenvalue weighted by molar-refractivity contribution is -0.711. The summed E-state index contributed by atoms with van der Waals surface area (Å²) in [5.41, 5.74) is 16.0. The number of nitrogens with one attached hydrogen (secondary N) is 1. The normalized spacial score (nSPS) is 10.9. The first-order valence-electron chi connectivity index (χ1n) is 26.3. The van der Waals surface area contributed by atoms with Crippen LogP contribution in [0.3, 0.4) is 0 Å². The number of carbonyl (C=O) groups excluding carboxylic acids is 1. The van der Waals surface area contributed by atoms with Gasteiger partial charge < -0.3 is 43.2 Å². The summed E-state index contributed by atoms with van der Waals surface area (Å²) in [7, 11) is 1.41. The maximum atomic E-state index is 12.0. The maximum Gasteiger partial charge on any atom is 0.407 e. The van der Waals surface area contributed by atoms with Crippen molar-refractivity contribution in [2.24, 2.45) is 0 Å². The number of hydrogen-bond donors (Lipinski definition) is 1. The third kappa shape index (κ3) is 17.7. The third-order valence-electron chi connectivity index (χ3n) is 12.6. The molecule has 0 unspecified atom stereocenters.